The molecule has 3 N–H and O–H groups in total. The monoisotopic (exact) mass is 212 g/mol. The van der Waals surface area contributed by atoms with Gasteiger partial charge < -0.3 is 22.7 Å². The summed E-state index contributed by atoms with van der Waals surface area (Å²) in [6, 6.07) is 0. The van der Waals surface area contributed by atoms with E-state index in [1.54, 1.807) is 0 Å². The van der Waals surface area contributed by atoms with Crippen molar-refractivity contribution in [1.29, 1.82) is 0 Å². The Kier molecular flexibility index (Phi) is 16.9. The van der Waals surface area contributed by atoms with Crippen molar-refractivity contribution >= 4 is 51.2 Å². The van der Waals surface area contributed by atoms with Crippen molar-refractivity contribution in [2.75, 3.05) is 0 Å². The zero-order chi connectivity index (χ0) is 5.86. The molecule has 0 saturated carbocycles. The zero-order valence-corrected chi connectivity index (χ0v) is 9.83. The molecule has 0 saturated heterocycles. The second-order valence-corrected chi connectivity index (χ2v) is 0.710. The van der Waals surface area contributed by atoms with Crippen LogP contribution < -0.4 is 0 Å². The van der Waals surface area contributed by atoms with Crippen LogP contribution in [-0.4, -0.2) is 66.4 Å². The molecule has 0 fully saturated rings. The van der Waals surface area contributed by atoms with Gasteiger partial charge in [-0.3, -0.25) is 0 Å². The first-order valence-corrected chi connectivity index (χ1v) is 1.38. The van der Waals surface area contributed by atoms with Crippen molar-refractivity contribution in [3.8, 4) is 0 Å². The minimum Gasteiger partial charge on any atom is -1.00 e. The maximum absolute atomic E-state index is 9.27. The van der Waals surface area contributed by atoms with E-state index in [-0.39, 0.29) is 60.1 Å². The van der Waals surface area contributed by atoms with Crippen molar-refractivity contribution in [1.82, 2.24) is 0 Å². The van der Waals surface area contributed by atoms with Crippen LogP contribution in [0.2, 0.25) is 0 Å². The number of carbonyl (C=O) groups is 1. The van der Waals surface area contributed by atoms with Gasteiger partial charge in [-0.2, -0.15) is 0 Å². The van der Waals surface area contributed by atoms with E-state index in [9.17, 15) is 4.79 Å². The maximum Gasteiger partial charge on any atom is 2.00 e. The second-order valence-electron chi connectivity index (χ2n) is 0.710. The molecule has 0 rings (SSSR count). The third kappa shape index (κ3) is 17.6. The fourth-order valence-corrected chi connectivity index (χ4v) is 0.0902. The standard InChI is InChI=1S/CH3BO5.Ca.Zn.2H/c3-1(4)7-2(5)6;;;;/h5-6H,(H,3,4);;;;/q;+2;;2*-1. The summed E-state index contributed by atoms with van der Waals surface area (Å²) in [7, 11) is -2.22. The number of hydrogen-bond acceptors (Lipinski definition) is 4. The smallest absolute Gasteiger partial charge is 1.00 e. The first kappa shape index (κ1) is 16.6. The first-order valence-electron chi connectivity index (χ1n) is 1.38. The van der Waals surface area contributed by atoms with Gasteiger partial charge in [0.1, 0.15) is 0 Å². The van der Waals surface area contributed by atoms with E-state index in [0.717, 1.165) is 0 Å². The van der Waals surface area contributed by atoms with Crippen LogP contribution in [0.15, 0.2) is 0 Å². The topological polar surface area (TPSA) is 87.0 Å². The Morgan fingerprint density at radius 3 is 1.89 bits per heavy atom. The number of hydrogen-bond donors (Lipinski definition) is 3. The zero-order valence-electron chi connectivity index (χ0n) is 6.65. The molecule has 0 bridgehead atoms. The van der Waals surface area contributed by atoms with Gasteiger partial charge in [-0.15, -0.1) is 0 Å². The predicted octanol–water partition coefficient (Wildman–Crippen LogP) is -1.51. The van der Waals surface area contributed by atoms with Gasteiger partial charge in [0.2, 0.25) is 0 Å². The number of rotatable bonds is 1. The minimum atomic E-state index is -2.22. The van der Waals surface area contributed by atoms with Crippen molar-refractivity contribution in [3.63, 3.8) is 0 Å². The summed E-state index contributed by atoms with van der Waals surface area (Å²) in [5, 5.41) is 22.9. The van der Waals surface area contributed by atoms with Gasteiger partial charge >= 0.3 is 51.2 Å². The largest absolute Gasteiger partial charge is 2.00 e. The van der Waals surface area contributed by atoms with Crippen LogP contribution in [0.3, 0.4) is 0 Å². The molecule has 0 aliphatic carbocycles. The Labute approximate surface area is 97.3 Å². The van der Waals surface area contributed by atoms with Crippen molar-refractivity contribution in [3.05, 3.63) is 0 Å². The molecule has 5 nitrogen and oxygen atoms in total. The molecule has 0 aliphatic heterocycles. The summed E-state index contributed by atoms with van der Waals surface area (Å²) < 4.78 is 3.28. The molecule has 9 heavy (non-hydrogen) atoms. The third-order valence-electron chi connectivity index (χ3n) is 0.206. The molecule has 0 amide bonds. The summed E-state index contributed by atoms with van der Waals surface area (Å²) in [5.41, 5.74) is 0. The maximum atomic E-state index is 9.27. The molecule has 0 aromatic carbocycles. The third-order valence-corrected chi connectivity index (χ3v) is 0.206. The van der Waals surface area contributed by atoms with E-state index in [1.165, 1.54) is 0 Å². The quantitative estimate of drug-likeness (QED) is 0.461. The first-order chi connectivity index (χ1) is 3.13. The SMILES string of the molecule is O=C(O)OB(O)O.[Ca+2].[H-].[H-].[Zn]. The molecular formula is CH5BCaO5Zn. The van der Waals surface area contributed by atoms with Crippen LogP contribution in [0.1, 0.15) is 2.85 Å². The Hall–Kier alpha value is 1.14. The van der Waals surface area contributed by atoms with E-state index in [2.05, 4.69) is 4.65 Å². The van der Waals surface area contributed by atoms with Crippen LogP contribution in [-0.2, 0) is 24.1 Å². The van der Waals surface area contributed by atoms with Gasteiger partial charge in [0.05, 0.1) is 0 Å². The molecule has 0 radical (unpaired) electrons. The van der Waals surface area contributed by atoms with Crippen LogP contribution in [0.25, 0.3) is 0 Å². The number of carboxylic acid groups (broad SMARTS) is 1. The van der Waals surface area contributed by atoms with Crippen molar-refractivity contribution in [2.24, 2.45) is 0 Å². The second kappa shape index (κ2) is 9.14. The normalized spacial score (nSPS) is 6.00. The van der Waals surface area contributed by atoms with Gasteiger partial charge in [-0.1, -0.05) is 0 Å². The molecule has 0 atom stereocenters. The van der Waals surface area contributed by atoms with Gasteiger partial charge in [0, 0.05) is 19.5 Å². The molecular weight excluding hydrogens is 208 g/mol. The average Bonchev–Trinajstić information content (AvgIpc) is 1.27. The fraction of sp³-hybridized carbons (Fsp3) is 0. The summed E-state index contributed by atoms with van der Waals surface area (Å²) in [5.74, 6) is 0. The van der Waals surface area contributed by atoms with Crippen LogP contribution in [0.4, 0.5) is 4.79 Å². The van der Waals surface area contributed by atoms with Crippen LogP contribution in [0, 0.1) is 0 Å². The summed E-state index contributed by atoms with van der Waals surface area (Å²) >= 11 is 0. The van der Waals surface area contributed by atoms with Gasteiger partial charge in [0.25, 0.3) is 0 Å². The van der Waals surface area contributed by atoms with E-state index in [1.807, 2.05) is 0 Å². The van der Waals surface area contributed by atoms with Gasteiger partial charge in [-0.25, -0.2) is 4.79 Å². The molecule has 46 valence electrons. The molecule has 0 unspecified atom stereocenters. The Morgan fingerprint density at radius 1 is 1.56 bits per heavy atom. The van der Waals surface area contributed by atoms with E-state index < -0.39 is 13.5 Å². The molecule has 0 aromatic heterocycles. The summed E-state index contributed by atoms with van der Waals surface area (Å²) in [4.78, 5) is 9.27. The van der Waals surface area contributed by atoms with Crippen molar-refractivity contribution in [2.45, 2.75) is 0 Å². The summed E-state index contributed by atoms with van der Waals surface area (Å²) in [6.45, 7) is 0. The molecule has 0 aliphatic rings. The predicted molar refractivity (Wildman–Crippen MR) is 27.3 cm³/mol. The van der Waals surface area contributed by atoms with Gasteiger partial charge in [0.15, 0.2) is 0 Å². The molecule has 0 aromatic rings. The minimum absolute atomic E-state index is 0. The molecule has 8 heteroatoms. The summed E-state index contributed by atoms with van der Waals surface area (Å²) in [6.07, 6.45) is -1.71. The van der Waals surface area contributed by atoms with Crippen LogP contribution in [0.5, 0.6) is 0 Å². The Balaban J connectivity index is -0.0000000300. The Bertz CT molecular complexity index is 84.9. The van der Waals surface area contributed by atoms with Gasteiger partial charge in [-0.05, 0) is 0 Å². The van der Waals surface area contributed by atoms with E-state index in [4.69, 9.17) is 15.2 Å². The van der Waals surface area contributed by atoms with Crippen molar-refractivity contribution < 1.29 is 46.9 Å². The molecule has 0 heterocycles. The average molecular weight is 213 g/mol. The fourth-order valence-electron chi connectivity index (χ4n) is 0.0902. The van der Waals surface area contributed by atoms with E-state index >= 15 is 0 Å². The Morgan fingerprint density at radius 2 is 1.89 bits per heavy atom. The van der Waals surface area contributed by atoms with Crippen LogP contribution >= 0.6 is 0 Å². The van der Waals surface area contributed by atoms with E-state index in [0.29, 0.717) is 0 Å². The molecule has 0 spiro atoms.